The molecular formula is C16H30N6O. The predicted molar refractivity (Wildman–Crippen MR) is 91.5 cm³/mol. The second-order valence-electron chi connectivity index (χ2n) is 5.73. The van der Waals surface area contributed by atoms with E-state index in [1.54, 1.807) is 0 Å². The van der Waals surface area contributed by atoms with Gasteiger partial charge in [0.1, 0.15) is 12.4 Å². The third-order valence-electron chi connectivity index (χ3n) is 3.81. The molecule has 0 unspecified atom stereocenters. The number of guanidine groups is 1. The lowest BCUT2D eigenvalue weighted by Gasteiger charge is -2.11. The molecule has 0 amide bonds. The van der Waals surface area contributed by atoms with E-state index in [0.717, 1.165) is 76.1 Å². The third-order valence-corrected chi connectivity index (χ3v) is 3.81. The van der Waals surface area contributed by atoms with Gasteiger partial charge < -0.3 is 19.9 Å². The van der Waals surface area contributed by atoms with E-state index in [-0.39, 0.29) is 0 Å². The van der Waals surface area contributed by atoms with Crippen molar-refractivity contribution in [1.82, 2.24) is 25.4 Å². The summed E-state index contributed by atoms with van der Waals surface area (Å²) >= 11 is 0. The number of fused-ring (bicyclic) bond motifs is 1. The first kappa shape index (κ1) is 17.7. The van der Waals surface area contributed by atoms with Crippen molar-refractivity contribution in [2.45, 2.75) is 59.0 Å². The van der Waals surface area contributed by atoms with Gasteiger partial charge in [0.25, 0.3) is 0 Å². The highest BCUT2D eigenvalue weighted by Gasteiger charge is 2.16. The molecule has 23 heavy (non-hydrogen) atoms. The third kappa shape index (κ3) is 5.82. The Kier molecular flexibility index (Phi) is 7.86. The van der Waals surface area contributed by atoms with Gasteiger partial charge in [-0.25, -0.2) is 4.99 Å². The van der Waals surface area contributed by atoms with Gasteiger partial charge in [0.15, 0.2) is 11.8 Å². The van der Waals surface area contributed by atoms with E-state index in [9.17, 15) is 0 Å². The first-order valence-corrected chi connectivity index (χ1v) is 8.86. The van der Waals surface area contributed by atoms with Gasteiger partial charge in [-0.2, -0.15) is 0 Å². The summed E-state index contributed by atoms with van der Waals surface area (Å²) < 4.78 is 7.75. The molecule has 1 aromatic rings. The highest BCUT2D eigenvalue weighted by molar-refractivity contribution is 5.79. The molecule has 2 rings (SSSR count). The summed E-state index contributed by atoms with van der Waals surface area (Å²) in [5, 5.41) is 15.1. The number of rotatable bonds is 10. The smallest absolute Gasteiger partial charge is 0.191 e. The Hall–Kier alpha value is -1.63. The molecule has 0 fully saturated rings. The molecular weight excluding hydrogens is 292 g/mol. The molecule has 0 saturated heterocycles. The van der Waals surface area contributed by atoms with Crippen molar-refractivity contribution in [1.29, 1.82) is 0 Å². The van der Waals surface area contributed by atoms with Crippen molar-refractivity contribution < 1.29 is 4.74 Å². The largest absolute Gasteiger partial charge is 0.381 e. The Morgan fingerprint density at radius 3 is 2.91 bits per heavy atom. The summed E-state index contributed by atoms with van der Waals surface area (Å²) in [6, 6.07) is 0. The second-order valence-corrected chi connectivity index (χ2v) is 5.73. The normalized spacial score (nSPS) is 14.1. The van der Waals surface area contributed by atoms with E-state index < -0.39 is 0 Å². The van der Waals surface area contributed by atoms with Crippen molar-refractivity contribution in [2.75, 3.05) is 26.3 Å². The Balaban J connectivity index is 1.72. The maximum Gasteiger partial charge on any atom is 0.191 e. The van der Waals surface area contributed by atoms with Crippen LogP contribution in [0, 0.1) is 0 Å². The zero-order chi connectivity index (χ0) is 16.3. The van der Waals surface area contributed by atoms with E-state index >= 15 is 0 Å². The van der Waals surface area contributed by atoms with Crippen LogP contribution in [0.5, 0.6) is 0 Å². The lowest BCUT2D eigenvalue weighted by molar-refractivity contribution is 0.129. The van der Waals surface area contributed by atoms with Gasteiger partial charge in [0, 0.05) is 39.3 Å². The molecule has 130 valence electrons. The topological polar surface area (TPSA) is 76.4 Å². The Bertz CT molecular complexity index is 485. The molecule has 0 aromatic carbocycles. The quantitative estimate of drug-likeness (QED) is 0.388. The minimum absolute atomic E-state index is 0.565. The summed E-state index contributed by atoms with van der Waals surface area (Å²) in [7, 11) is 0. The number of nitrogens with zero attached hydrogens (tertiary/aromatic N) is 4. The van der Waals surface area contributed by atoms with E-state index in [1.807, 2.05) is 0 Å². The van der Waals surface area contributed by atoms with Crippen LogP contribution in [0.2, 0.25) is 0 Å². The molecule has 2 N–H and O–H groups in total. The van der Waals surface area contributed by atoms with Crippen LogP contribution in [0.25, 0.3) is 0 Å². The summed E-state index contributed by atoms with van der Waals surface area (Å²) in [6.45, 7) is 9.19. The molecule has 1 aliphatic rings. The molecule has 0 saturated carbocycles. The van der Waals surface area contributed by atoms with Crippen LogP contribution in [0.3, 0.4) is 0 Å². The van der Waals surface area contributed by atoms with Crippen molar-refractivity contribution >= 4 is 5.96 Å². The number of aromatic nitrogens is 3. The molecule has 0 spiro atoms. The Labute approximate surface area is 138 Å². The number of nitrogens with one attached hydrogen (secondary N) is 2. The zero-order valence-corrected chi connectivity index (χ0v) is 14.5. The monoisotopic (exact) mass is 322 g/mol. The molecule has 0 bridgehead atoms. The van der Waals surface area contributed by atoms with E-state index in [4.69, 9.17) is 4.74 Å². The highest BCUT2D eigenvalue weighted by atomic mass is 16.5. The maximum absolute atomic E-state index is 5.56. The number of ether oxygens (including phenoxy) is 1. The molecule has 2 heterocycles. The van der Waals surface area contributed by atoms with Crippen LogP contribution in [-0.2, 0) is 24.2 Å². The van der Waals surface area contributed by atoms with E-state index in [2.05, 4.69) is 44.2 Å². The number of aliphatic imine (C=N–C) groups is 1. The number of hydrogen-bond donors (Lipinski definition) is 2. The van der Waals surface area contributed by atoms with Gasteiger partial charge in [-0.3, -0.25) is 0 Å². The predicted octanol–water partition coefficient (Wildman–Crippen LogP) is 1.49. The lowest BCUT2D eigenvalue weighted by atomic mass is 10.4. The molecule has 0 atom stereocenters. The fourth-order valence-electron chi connectivity index (χ4n) is 2.55. The van der Waals surface area contributed by atoms with E-state index in [1.165, 1.54) is 6.42 Å². The van der Waals surface area contributed by atoms with Gasteiger partial charge in [-0.15, -0.1) is 10.2 Å². The lowest BCUT2D eigenvalue weighted by Crippen LogP contribution is -2.38. The first-order chi connectivity index (χ1) is 11.3. The van der Waals surface area contributed by atoms with Crippen molar-refractivity contribution in [3.63, 3.8) is 0 Å². The molecule has 1 aromatic heterocycles. The average Bonchev–Trinajstić information content (AvgIpc) is 3.15. The van der Waals surface area contributed by atoms with Crippen molar-refractivity contribution in [3.8, 4) is 0 Å². The van der Waals surface area contributed by atoms with E-state index in [0.29, 0.717) is 6.54 Å². The van der Waals surface area contributed by atoms with Crippen LogP contribution >= 0.6 is 0 Å². The minimum Gasteiger partial charge on any atom is -0.381 e. The Morgan fingerprint density at radius 1 is 1.22 bits per heavy atom. The van der Waals surface area contributed by atoms with Crippen LogP contribution in [0.15, 0.2) is 4.99 Å². The SMILES string of the molecule is CCCCOCCCNC(=NCc1nnc2n1CCC2)NCC. The fourth-order valence-corrected chi connectivity index (χ4v) is 2.55. The summed E-state index contributed by atoms with van der Waals surface area (Å²) in [6.07, 6.45) is 5.50. The first-order valence-electron chi connectivity index (χ1n) is 8.86. The minimum atomic E-state index is 0.565. The van der Waals surface area contributed by atoms with Gasteiger partial charge in [-0.05, 0) is 26.2 Å². The molecule has 0 aliphatic carbocycles. The van der Waals surface area contributed by atoms with Crippen molar-refractivity contribution in [2.24, 2.45) is 4.99 Å². The Morgan fingerprint density at radius 2 is 2.09 bits per heavy atom. The average molecular weight is 322 g/mol. The summed E-state index contributed by atoms with van der Waals surface area (Å²) in [5.74, 6) is 2.88. The van der Waals surface area contributed by atoms with Crippen LogP contribution in [0.4, 0.5) is 0 Å². The van der Waals surface area contributed by atoms with Crippen LogP contribution in [-0.4, -0.2) is 47.0 Å². The van der Waals surface area contributed by atoms with Gasteiger partial charge >= 0.3 is 0 Å². The standard InChI is InChI=1S/C16H30N6O/c1-3-5-11-23-12-7-9-18-16(17-4-2)19-13-15-21-20-14-8-6-10-22(14)15/h3-13H2,1-2H3,(H2,17,18,19). The summed E-state index contributed by atoms with van der Waals surface area (Å²) in [4.78, 5) is 4.61. The molecule has 7 heteroatoms. The molecule has 1 aliphatic heterocycles. The van der Waals surface area contributed by atoms with Gasteiger partial charge in [0.05, 0.1) is 0 Å². The van der Waals surface area contributed by atoms with Crippen LogP contribution < -0.4 is 10.6 Å². The maximum atomic E-state index is 5.56. The number of hydrogen-bond acceptors (Lipinski definition) is 4. The molecule has 7 nitrogen and oxygen atoms in total. The highest BCUT2D eigenvalue weighted by Crippen LogP contribution is 2.14. The van der Waals surface area contributed by atoms with Crippen LogP contribution in [0.1, 0.15) is 51.2 Å². The molecule has 0 radical (unpaired) electrons. The summed E-state index contributed by atoms with van der Waals surface area (Å²) in [5.41, 5.74) is 0. The second kappa shape index (κ2) is 10.2. The number of unbranched alkanes of at least 4 members (excludes halogenated alkanes) is 1. The fraction of sp³-hybridized carbons (Fsp3) is 0.812. The van der Waals surface area contributed by atoms with Gasteiger partial charge in [-0.1, -0.05) is 13.3 Å². The zero-order valence-electron chi connectivity index (χ0n) is 14.5. The van der Waals surface area contributed by atoms with Crippen molar-refractivity contribution in [3.05, 3.63) is 11.6 Å². The number of aryl methyl sites for hydroxylation is 1. The van der Waals surface area contributed by atoms with Gasteiger partial charge in [0.2, 0.25) is 0 Å².